The highest BCUT2D eigenvalue weighted by molar-refractivity contribution is 9.10. The van der Waals surface area contributed by atoms with Gasteiger partial charge in [0.15, 0.2) is 5.82 Å². The number of nitrogens with zero attached hydrogens (tertiary/aromatic N) is 3. The van der Waals surface area contributed by atoms with Crippen LogP contribution in [0.15, 0.2) is 22.7 Å². The first-order valence-electron chi connectivity index (χ1n) is 5.11. The van der Waals surface area contributed by atoms with E-state index < -0.39 is 0 Å². The molecule has 1 heterocycles. The van der Waals surface area contributed by atoms with Gasteiger partial charge in [-0.15, -0.1) is 10.2 Å². The largest absolute Gasteiger partial charge is 0.310 e. The van der Waals surface area contributed by atoms with E-state index >= 15 is 0 Å². The lowest BCUT2D eigenvalue weighted by molar-refractivity contribution is 0.620. The van der Waals surface area contributed by atoms with Gasteiger partial charge in [-0.25, -0.2) is 4.39 Å². The molecule has 0 aliphatic carbocycles. The van der Waals surface area contributed by atoms with Gasteiger partial charge in [-0.1, -0.05) is 22.0 Å². The minimum Gasteiger partial charge on any atom is -0.310 e. The lowest BCUT2D eigenvalue weighted by atomic mass is 10.2. The maximum Gasteiger partial charge on any atom is 0.166 e. The van der Waals surface area contributed by atoms with Crippen LogP contribution in [-0.2, 0) is 11.9 Å². The molecule has 90 valence electrons. The Bertz CT molecular complexity index is 540. The lowest BCUT2D eigenvalue weighted by Gasteiger charge is -2.07. The molecule has 1 aromatic carbocycles. The highest BCUT2D eigenvalue weighted by Crippen LogP contribution is 2.27. The van der Waals surface area contributed by atoms with Gasteiger partial charge in [0.2, 0.25) is 0 Å². The fourth-order valence-corrected chi connectivity index (χ4v) is 2.42. The number of rotatable bonds is 3. The Kier molecular flexibility index (Phi) is 3.93. The predicted molar refractivity (Wildman–Crippen MR) is 71.4 cm³/mol. The van der Waals surface area contributed by atoms with Crippen molar-refractivity contribution in [3.8, 4) is 11.4 Å². The molecule has 6 heteroatoms. The molecule has 2 aromatic rings. The van der Waals surface area contributed by atoms with Crippen LogP contribution in [0.4, 0.5) is 4.39 Å². The molecule has 1 aromatic heterocycles. The third-order valence-electron chi connectivity index (χ3n) is 2.46. The Morgan fingerprint density at radius 2 is 2.12 bits per heavy atom. The highest BCUT2D eigenvalue weighted by Gasteiger charge is 2.16. The number of hydrogen-bond donors (Lipinski definition) is 0. The number of halogens is 3. The summed E-state index contributed by atoms with van der Waals surface area (Å²) in [6.45, 7) is 2.68. The summed E-state index contributed by atoms with van der Waals surface area (Å²) in [5.74, 6) is 1.04. The summed E-state index contributed by atoms with van der Waals surface area (Å²) in [6, 6.07) is 5.15. The second-order valence-corrected chi connectivity index (χ2v) is 4.83. The van der Waals surface area contributed by atoms with Crippen LogP contribution in [0, 0.1) is 5.82 Å². The number of aromatic nitrogens is 3. The first-order chi connectivity index (χ1) is 8.19. The summed E-state index contributed by atoms with van der Waals surface area (Å²) in [6.07, 6.45) is 0. The molecular formula is C11H10Br2FN3. The molecular weight excluding hydrogens is 353 g/mol. The molecule has 0 unspecified atom stereocenters. The lowest BCUT2D eigenvalue weighted by Crippen LogP contribution is -2.03. The Morgan fingerprint density at radius 3 is 2.76 bits per heavy atom. The minimum absolute atomic E-state index is 0.310. The third-order valence-corrected chi connectivity index (χ3v) is 3.57. The third kappa shape index (κ3) is 2.28. The van der Waals surface area contributed by atoms with Gasteiger partial charge in [0, 0.05) is 6.54 Å². The van der Waals surface area contributed by atoms with E-state index in [4.69, 9.17) is 0 Å². The first kappa shape index (κ1) is 12.7. The number of benzene rings is 1. The highest BCUT2D eigenvalue weighted by atomic mass is 79.9. The zero-order valence-electron chi connectivity index (χ0n) is 9.12. The Labute approximate surface area is 115 Å². The summed E-state index contributed by atoms with van der Waals surface area (Å²) in [4.78, 5) is 0. The molecule has 0 atom stereocenters. The van der Waals surface area contributed by atoms with Gasteiger partial charge >= 0.3 is 0 Å². The summed E-state index contributed by atoms with van der Waals surface area (Å²) in [5.41, 5.74) is 0.459. The zero-order chi connectivity index (χ0) is 12.4. The van der Waals surface area contributed by atoms with Crippen LogP contribution in [-0.4, -0.2) is 14.8 Å². The predicted octanol–water partition coefficient (Wildman–Crippen LogP) is 3.76. The van der Waals surface area contributed by atoms with Crippen molar-refractivity contribution in [1.29, 1.82) is 0 Å². The van der Waals surface area contributed by atoms with Crippen LogP contribution < -0.4 is 0 Å². The fourth-order valence-electron chi connectivity index (χ4n) is 1.64. The van der Waals surface area contributed by atoms with Crippen LogP contribution >= 0.6 is 31.9 Å². The van der Waals surface area contributed by atoms with Crippen molar-refractivity contribution < 1.29 is 4.39 Å². The van der Waals surface area contributed by atoms with E-state index in [0.29, 0.717) is 27.7 Å². The van der Waals surface area contributed by atoms with Crippen LogP contribution in [0.1, 0.15) is 12.7 Å². The van der Waals surface area contributed by atoms with Crippen molar-refractivity contribution in [2.45, 2.75) is 18.8 Å². The monoisotopic (exact) mass is 361 g/mol. The normalized spacial score (nSPS) is 10.8. The Morgan fingerprint density at radius 1 is 1.35 bits per heavy atom. The van der Waals surface area contributed by atoms with Crippen molar-refractivity contribution in [2.24, 2.45) is 0 Å². The molecule has 0 aliphatic rings. The topological polar surface area (TPSA) is 30.7 Å². The molecule has 0 fully saturated rings. The van der Waals surface area contributed by atoms with E-state index in [-0.39, 0.29) is 5.82 Å². The molecule has 17 heavy (non-hydrogen) atoms. The maximum atomic E-state index is 14.0. The molecule has 2 rings (SSSR count). The second kappa shape index (κ2) is 5.27. The van der Waals surface area contributed by atoms with E-state index in [1.165, 1.54) is 0 Å². The summed E-state index contributed by atoms with van der Waals surface area (Å²) < 4.78 is 16.3. The van der Waals surface area contributed by atoms with Gasteiger partial charge in [-0.05, 0) is 35.0 Å². The molecule has 0 saturated carbocycles. The summed E-state index contributed by atoms with van der Waals surface area (Å²) >= 11 is 6.51. The van der Waals surface area contributed by atoms with E-state index in [1.807, 2.05) is 11.5 Å². The van der Waals surface area contributed by atoms with Crippen molar-refractivity contribution in [3.05, 3.63) is 34.3 Å². The standard InChI is InChI=1S/C11H10Br2FN3/c1-2-17-9(6-12)15-16-11(17)7-4-3-5-8(13)10(7)14/h3-5H,2,6H2,1H3. The molecule has 0 bridgehead atoms. The van der Waals surface area contributed by atoms with E-state index in [2.05, 4.69) is 42.1 Å². The molecule has 3 nitrogen and oxygen atoms in total. The van der Waals surface area contributed by atoms with Crippen LogP contribution in [0.5, 0.6) is 0 Å². The van der Waals surface area contributed by atoms with Gasteiger partial charge in [-0.2, -0.15) is 0 Å². The maximum absolute atomic E-state index is 14.0. The molecule has 0 aliphatic heterocycles. The van der Waals surface area contributed by atoms with Crippen molar-refractivity contribution in [3.63, 3.8) is 0 Å². The van der Waals surface area contributed by atoms with E-state index in [0.717, 1.165) is 5.82 Å². The molecule has 0 spiro atoms. The van der Waals surface area contributed by atoms with E-state index in [9.17, 15) is 4.39 Å². The minimum atomic E-state index is -0.310. The smallest absolute Gasteiger partial charge is 0.166 e. The Hall–Kier alpha value is -0.750. The molecule has 0 amide bonds. The molecule has 0 radical (unpaired) electrons. The fraction of sp³-hybridized carbons (Fsp3) is 0.273. The van der Waals surface area contributed by atoms with E-state index in [1.54, 1.807) is 18.2 Å². The average molecular weight is 363 g/mol. The SMILES string of the molecule is CCn1c(CBr)nnc1-c1cccc(Br)c1F. The first-order valence-corrected chi connectivity index (χ1v) is 7.03. The van der Waals surface area contributed by atoms with Crippen LogP contribution in [0.2, 0.25) is 0 Å². The number of hydrogen-bond acceptors (Lipinski definition) is 2. The Balaban J connectivity index is 2.60. The van der Waals surface area contributed by atoms with Crippen LogP contribution in [0.25, 0.3) is 11.4 Å². The quantitative estimate of drug-likeness (QED) is 0.778. The zero-order valence-corrected chi connectivity index (χ0v) is 12.3. The average Bonchev–Trinajstić information content (AvgIpc) is 2.75. The van der Waals surface area contributed by atoms with Crippen molar-refractivity contribution >= 4 is 31.9 Å². The molecule has 0 N–H and O–H groups in total. The van der Waals surface area contributed by atoms with Gasteiger partial charge < -0.3 is 4.57 Å². The summed E-state index contributed by atoms with van der Waals surface area (Å²) in [5, 5.41) is 8.69. The second-order valence-electron chi connectivity index (χ2n) is 3.42. The van der Waals surface area contributed by atoms with Gasteiger partial charge in [0.25, 0.3) is 0 Å². The van der Waals surface area contributed by atoms with Gasteiger partial charge in [-0.3, -0.25) is 0 Å². The van der Waals surface area contributed by atoms with Crippen LogP contribution in [0.3, 0.4) is 0 Å². The van der Waals surface area contributed by atoms with Crippen molar-refractivity contribution in [1.82, 2.24) is 14.8 Å². The van der Waals surface area contributed by atoms with Crippen molar-refractivity contribution in [2.75, 3.05) is 0 Å². The number of alkyl halides is 1. The summed E-state index contributed by atoms with van der Waals surface area (Å²) in [7, 11) is 0. The van der Waals surface area contributed by atoms with Gasteiger partial charge in [0.1, 0.15) is 11.6 Å². The molecule has 0 saturated heterocycles. The van der Waals surface area contributed by atoms with Gasteiger partial charge in [0.05, 0.1) is 15.4 Å².